The van der Waals surface area contributed by atoms with Crippen molar-refractivity contribution in [1.29, 1.82) is 0 Å². The van der Waals surface area contributed by atoms with Crippen molar-refractivity contribution in [2.45, 2.75) is 46.5 Å². The fourth-order valence-electron chi connectivity index (χ4n) is 7.87. The lowest BCUT2D eigenvalue weighted by atomic mass is 9.91. The van der Waals surface area contributed by atoms with E-state index in [0.717, 1.165) is 11.1 Å². The topological polar surface area (TPSA) is 208 Å². The van der Waals surface area contributed by atoms with Crippen LogP contribution in [0.2, 0.25) is 0 Å². The van der Waals surface area contributed by atoms with E-state index in [-0.39, 0.29) is 76.9 Å². The Labute approximate surface area is 399 Å². The number of fused-ring (bicyclic) bond motifs is 8. The number of carbonyl (C=O) groups is 5. The standard InChI is InChI=1S/C52H54N4O13/c1-4-62-43(57)29-65-47-33-11-7-12-34(47)26-36-14-9-16-38(49(36)67-31-45(59)64-6-3)28-40-18-10-17-39(27-37-15-8-13-35(25-33)48(37)66-30-44(58)63-5-2)50(40)68-32-46(60)69-42-21-19-41(20-22-42)55-56-52(61)51-53-23-24-54-51/h7-22,55H,4-6,23-32H2,1-3H3,(H,53,54)(H,56,61). The van der Waals surface area contributed by atoms with Crippen LogP contribution in [-0.2, 0) is 63.9 Å². The summed E-state index contributed by atoms with van der Waals surface area (Å²) in [5.74, 6) is -0.471. The van der Waals surface area contributed by atoms with Crippen LogP contribution in [0.15, 0.2) is 102 Å². The predicted octanol–water partition coefficient (Wildman–Crippen LogP) is 5.62. The first-order valence-corrected chi connectivity index (χ1v) is 22.7. The van der Waals surface area contributed by atoms with E-state index >= 15 is 0 Å². The van der Waals surface area contributed by atoms with Crippen LogP contribution >= 0.6 is 0 Å². The zero-order chi connectivity index (χ0) is 48.5. The van der Waals surface area contributed by atoms with Gasteiger partial charge in [0.15, 0.2) is 32.3 Å². The largest absolute Gasteiger partial charge is 0.481 e. The van der Waals surface area contributed by atoms with E-state index in [0.29, 0.717) is 75.2 Å². The molecule has 5 aromatic carbocycles. The van der Waals surface area contributed by atoms with Gasteiger partial charge in [0.05, 0.1) is 32.1 Å². The zero-order valence-electron chi connectivity index (χ0n) is 38.7. The Morgan fingerprint density at radius 2 is 0.841 bits per heavy atom. The summed E-state index contributed by atoms with van der Waals surface area (Å²) in [6.07, 6.45) is 0.991. The number of hydrazine groups is 1. The normalized spacial score (nSPS) is 12.5. The van der Waals surface area contributed by atoms with Gasteiger partial charge in [0.25, 0.3) is 0 Å². The Hall–Kier alpha value is -8.08. The third kappa shape index (κ3) is 13.3. The monoisotopic (exact) mass is 942 g/mol. The molecule has 0 aromatic heterocycles. The summed E-state index contributed by atoms with van der Waals surface area (Å²) in [5.41, 5.74) is 11.6. The number of nitrogens with one attached hydrogen (secondary N) is 3. The van der Waals surface area contributed by atoms with Gasteiger partial charge in [-0.05, 0) is 89.5 Å². The molecule has 0 fully saturated rings. The molecule has 0 spiro atoms. The molecule has 17 nitrogen and oxygen atoms in total. The second-order valence-electron chi connectivity index (χ2n) is 15.6. The first-order valence-electron chi connectivity index (χ1n) is 22.7. The van der Waals surface area contributed by atoms with Gasteiger partial charge in [0.1, 0.15) is 28.7 Å². The Bertz CT molecular complexity index is 2570. The average Bonchev–Trinajstić information content (AvgIpc) is 3.89. The third-order valence-corrected chi connectivity index (χ3v) is 10.8. The van der Waals surface area contributed by atoms with Crippen LogP contribution in [0.3, 0.4) is 0 Å². The van der Waals surface area contributed by atoms with Crippen molar-refractivity contribution in [3.05, 3.63) is 142 Å². The molecule has 1 aliphatic carbocycles. The molecule has 2 aliphatic rings. The highest BCUT2D eigenvalue weighted by molar-refractivity contribution is 6.38. The van der Waals surface area contributed by atoms with E-state index in [9.17, 15) is 24.0 Å². The van der Waals surface area contributed by atoms with E-state index in [1.165, 1.54) is 0 Å². The summed E-state index contributed by atoms with van der Waals surface area (Å²) in [7, 11) is 0. The van der Waals surface area contributed by atoms with E-state index in [1.54, 1.807) is 45.0 Å². The fraction of sp³-hybridized carbons (Fsp3) is 0.308. The molecule has 5 aromatic rings. The maximum absolute atomic E-state index is 13.5. The van der Waals surface area contributed by atoms with Crippen molar-refractivity contribution >= 4 is 41.3 Å². The van der Waals surface area contributed by atoms with E-state index in [1.807, 2.05) is 72.8 Å². The molecular formula is C52H54N4O13. The Kier molecular flexibility index (Phi) is 17.1. The van der Waals surface area contributed by atoms with Crippen molar-refractivity contribution in [3.63, 3.8) is 0 Å². The zero-order valence-corrected chi connectivity index (χ0v) is 38.7. The Balaban J connectivity index is 1.25. The molecule has 17 heteroatoms. The number of esters is 4. The van der Waals surface area contributed by atoms with Crippen molar-refractivity contribution in [3.8, 4) is 28.7 Å². The Morgan fingerprint density at radius 1 is 0.493 bits per heavy atom. The van der Waals surface area contributed by atoms with Crippen molar-refractivity contribution in [2.75, 3.05) is 64.8 Å². The summed E-state index contributed by atoms with van der Waals surface area (Å²) < 4.78 is 46.8. The highest BCUT2D eigenvalue weighted by Gasteiger charge is 2.24. The minimum Gasteiger partial charge on any atom is -0.481 e. The highest BCUT2D eigenvalue weighted by Crippen LogP contribution is 2.39. The number of amidine groups is 1. The molecule has 7 rings (SSSR count). The lowest BCUT2D eigenvalue weighted by Gasteiger charge is -2.22. The molecule has 0 atom stereocenters. The van der Waals surface area contributed by atoms with Gasteiger partial charge < -0.3 is 43.2 Å². The molecular weight excluding hydrogens is 889 g/mol. The van der Waals surface area contributed by atoms with Crippen LogP contribution in [-0.4, -0.2) is 95.0 Å². The summed E-state index contributed by atoms with van der Waals surface area (Å²) in [5, 5.41) is 2.90. The maximum Gasteiger partial charge on any atom is 0.349 e. The molecule has 8 bridgehead atoms. The number of aliphatic imine (C=N–C) groups is 1. The Morgan fingerprint density at radius 3 is 1.16 bits per heavy atom. The average molecular weight is 943 g/mol. The van der Waals surface area contributed by atoms with Gasteiger partial charge in [-0.15, -0.1) is 0 Å². The number of anilines is 1. The van der Waals surface area contributed by atoms with Crippen molar-refractivity contribution in [2.24, 2.45) is 4.99 Å². The molecule has 0 unspecified atom stereocenters. The van der Waals surface area contributed by atoms with E-state index in [2.05, 4.69) is 21.2 Å². The maximum atomic E-state index is 13.5. The van der Waals surface area contributed by atoms with Crippen LogP contribution in [0.25, 0.3) is 0 Å². The van der Waals surface area contributed by atoms with Crippen LogP contribution in [0.4, 0.5) is 5.69 Å². The molecule has 0 saturated carbocycles. The lowest BCUT2D eigenvalue weighted by molar-refractivity contribution is -0.146. The number of para-hydroxylation sites is 4. The van der Waals surface area contributed by atoms with Gasteiger partial charge >= 0.3 is 29.8 Å². The number of hydrogen-bond acceptors (Lipinski definition) is 16. The number of ether oxygens (including phenoxy) is 8. The van der Waals surface area contributed by atoms with Gasteiger partial charge in [0, 0.05) is 32.2 Å². The van der Waals surface area contributed by atoms with Gasteiger partial charge in [-0.1, -0.05) is 72.8 Å². The second-order valence-corrected chi connectivity index (χ2v) is 15.6. The molecule has 0 radical (unpaired) electrons. The summed E-state index contributed by atoms with van der Waals surface area (Å²) in [4.78, 5) is 68.1. The van der Waals surface area contributed by atoms with Crippen molar-refractivity contribution < 1.29 is 61.9 Å². The molecule has 1 aliphatic heterocycles. The number of carbonyl (C=O) groups excluding carboxylic acids is 5. The van der Waals surface area contributed by atoms with Gasteiger partial charge in [-0.25, -0.2) is 19.2 Å². The molecule has 0 saturated heterocycles. The van der Waals surface area contributed by atoms with Crippen molar-refractivity contribution in [1.82, 2.24) is 10.7 Å². The van der Waals surface area contributed by atoms with Crippen LogP contribution in [0.5, 0.6) is 28.7 Å². The minimum absolute atomic E-state index is 0.176. The number of rotatable bonds is 19. The van der Waals surface area contributed by atoms with Crippen LogP contribution in [0.1, 0.15) is 65.3 Å². The van der Waals surface area contributed by atoms with Gasteiger partial charge in [0.2, 0.25) is 0 Å². The van der Waals surface area contributed by atoms with Gasteiger partial charge in [-0.3, -0.25) is 20.6 Å². The quantitative estimate of drug-likeness (QED) is 0.0390. The smallest absolute Gasteiger partial charge is 0.349 e. The minimum atomic E-state index is -0.680. The lowest BCUT2D eigenvalue weighted by Crippen LogP contribution is -2.40. The predicted molar refractivity (Wildman–Crippen MR) is 253 cm³/mol. The van der Waals surface area contributed by atoms with E-state index < -0.39 is 36.4 Å². The van der Waals surface area contributed by atoms with E-state index in [4.69, 9.17) is 37.9 Å². The first kappa shape index (κ1) is 48.8. The number of benzene rings is 5. The molecule has 69 heavy (non-hydrogen) atoms. The number of hydrogen-bond donors (Lipinski definition) is 3. The van der Waals surface area contributed by atoms with Crippen LogP contribution in [0, 0.1) is 0 Å². The SMILES string of the molecule is CCOC(=O)COc1c2cccc1Cc1cccc(c1OCC(=O)OCC)Cc1cccc(c1OCC(=O)Oc1ccc(NNC(=O)C3=NCCN3)cc1)Cc1cccc(c1OCC(=O)OCC)C2. The molecule has 1 amide bonds. The van der Waals surface area contributed by atoms with Gasteiger partial charge in [-0.2, -0.15) is 0 Å². The number of nitrogens with zero attached hydrogens (tertiary/aromatic N) is 1. The molecule has 360 valence electrons. The third-order valence-electron chi connectivity index (χ3n) is 10.8. The fourth-order valence-corrected chi connectivity index (χ4v) is 7.87. The number of amides is 1. The molecule has 3 N–H and O–H groups in total. The summed E-state index contributed by atoms with van der Waals surface area (Å²) >= 11 is 0. The second kappa shape index (κ2) is 24.1. The summed E-state index contributed by atoms with van der Waals surface area (Å²) in [6, 6.07) is 29.1. The first-order chi connectivity index (χ1) is 33.6. The molecule has 1 heterocycles. The van der Waals surface area contributed by atoms with Crippen LogP contribution < -0.4 is 39.9 Å². The summed E-state index contributed by atoms with van der Waals surface area (Å²) in [6.45, 7) is 5.28. The highest BCUT2D eigenvalue weighted by atomic mass is 16.6.